The van der Waals surface area contributed by atoms with Crippen molar-refractivity contribution >= 4 is 23.7 Å². The van der Waals surface area contributed by atoms with Crippen LogP contribution in [-0.4, -0.2) is 27.2 Å². The number of nitro groups is 1. The lowest BCUT2D eigenvalue weighted by Gasteiger charge is -1.99. The maximum atomic E-state index is 10.6. The normalized spacial score (nSPS) is 10.5. The van der Waals surface area contributed by atoms with Crippen LogP contribution in [0.15, 0.2) is 47.7 Å². The van der Waals surface area contributed by atoms with Crippen LogP contribution in [0.25, 0.3) is 0 Å². The second-order valence-electron chi connectivity index (χ2n) is 3.96. The van der Waals surface area contributed by atoms with E-state index >= 15 is 0 Å². The summed E-state index contributed by atoms with van der Waals surface area (Å²) in [6.45, 7) is 0. The third-order valence-corrected chi connectivity index (χ3v) is 2.51. The van der Waals surface area contributed by atoms with Gasteiger partial charge in [-0.15, -0.1) is 0 Å². The molecule has 21 heavy (non-hydrogen) atoms. The Morgan fingerprint density at radius 1 is 1.29 bits per heavy atom. The van der Waals surface area contributed by atoms with Gasteiger partial charge in [-0.05, 0) is 29.8 Å². The minimum Gasteiger partial charge on any atom is -0.478 e. The Hall–Kier alpha value is -3.29. The van der Waals surface area contributed by atoms with Gasteiger partial charge in [-0.25, -0.2) is 9.78 Å². The van der Waals surface area contributed by atoms with Crippen LogP contribution in [0.2, 0.25) is 0 Å². The lowest BCUT2D eigenvalue weighted by molar-refractivity contribution is -0.384. The molecule has 2 rings (SSSR count). The summed E-state index contributed by atoms with van der Waals surface area (Å²) in [5.74, 6) is -0.665. The van der Waals surface area contributed by atoms with Gasteiger partial charge in [0, 0.05) is 18.3 Å². The fourth-order valence-electron chi connectivity index (χ4n) is 1.44. The predicted octanol–water partition coefficient (Wildman–Crippen LogP) is 2.13. The number of rotatable bonds is 5. The van der Waals surface area contributed by atoms with Crippen LogP contribution < -0.4 is 5.43 Å². The molecule has 0 spiro atoms. The first-order valence-electron chi connectivity index (χ1n) is 5.79. The predicted molar refractivity (Wildman–Crippen MR) is 75.5 cm³/mol. The highest BCUT2D eigenvalue weighted by atomic mass is 16.6. The Bertz CT molecular complexity index is 680. The molecular formula is C13H10N4O4. The van der Waals surface area contributed by atoms with Gasteiger partial charge in [0.15, 0.2) is 0 Å². The summed E-state index contributed by atoms with van der Waals surface area (Å²) in [7, 11) is 0. The Balaban J connectivity index is 1.98. The lowest BCUT2D eigenvalue weighted by Crippen LogP contribution is -1.99. The van der Waals surface area contributed by atoms with Crippen LogP contribution in [0.1, 0.15) is 15.9 Å². The number of nitrogens with one attached hydrogen (secondary N) is 1. The summed E-state index contributed by atoms with van der Waals surface area (Å²) in [6, 6.07) is 8.76. The Labute approximate surface area is 118 Å². The number of aromatic carboxylic acids is 1. The molecule has 0 radical (unpaired) electrons. The van der Waals surface area contributed by atoms with Gasteiger partial charge in [-0.1, -0.05) is 0 Å². The van der Waals surface area contributed by atoms with Gasteiger partial charge in [0.05, 0.1) is 16.7 Å². The molecule has 0 bridgehead atoms. The van der Waals surface area contributed by atoms with E-state index in [1.165, 1.54) is 36.7 Å². The number of hydrazone groups is 1. The van der Waals surface area contributed by atoms with E-state index in [0.717, 1.165) is 0 Å². The average Bonchev–Trinajstić information content (AvgIpc) is 2.48. The van der Waals surface area contributed by atoms with Crippen molar-refractivity contribution in [2.45, 2.75) is 0 Å². The molecular weight excluding hydrogens is 276 g/mol. The van der Waals surface area contributed by atoms with E-state index in [2.05, 4.69) is 15.5 Å². The molecule has 2 aromatic rings. The van der Waals surface area contributed by atoms with Gasteiger partial charge in [-0.2, -0.15) is 5.10 Å². The quantitative estimate of drug-likeness (QED) is 0.494. The van der Waals surface area contributed by atoms with E-state index < -0.39 is 10.9 Å². The Morgan fingerprint density at radius 3 is 2.52 bits per heavy atom. The summed E-state index contributed by atoms with van der Waals surface area (Å²) in [4.78, 5) is 24.5. The van der Waals surface area contributed by atoms with Gasteiger partial charge in [0.2, 0.25) is 0 Å². The summed E-state index contributed by atoms with van der Waals surface area (Å²) in [5, 5.41) is 23.1. The minimum absolute atomic E-state index is 0.00559. The van der Waals surface area contributed by atoms with E-state index in [4.69, 9.17) is 5.11 Å². The highest BCUT2D eigenvalue weighted by molar-refractivity contribution is 5.87. The van der Waals surface area contributed by atoms with Gasteiger partial charge in [0.1, 0.15) is 5.82 Å². The molecule has 8 nitrogen and oxygen atoms in total. The first-order valence-corrected chi connectivity index (χ1v) is 5.79. The lowest BCUT2D eigenvalue weighted by atomic mass is 10.2. The number of hydrogen-bond acceptors (Lipinski definition) is 6. The van der Waals surface area contributed by atoms with Crippen LogP contribution in [0.4, 0.5) is 11.5 Å². The van der Waals surface area contributed by atoms with E-state index in [1.54, 1.807) is 12.1 Å². The van der Waals surface area contributed by atoms with Gasteiger partial charge < -0.3 is 5.11 Å². The molecule has 8 heteroatoms. The van der Waals surface area contributed by atoms with Crippen molar-refractivity contribution in [1.29, 1.82) is 0 Å². The number of carbonyl (C=O) groups is 1. The molecule has 1 heterocycles. The number of hydrogen-bond donors (Lipinski definition) is 2. The number of pyridine rings is 1. The van der Waals surface area contributed by atoms with Crippen molar-refractivity contribution in [3.05, 3.63) is 63.8 Å². The van der Waals surface area contributed by atoms with Crippen molar-refractivity contribution in [2.75, 3.05) is 5.43 Å². The second kappa shape index (κ2) is 6.24. The molecule has 2 N–H and O–H groups in total. The first-order chi connectivity index (χ1) is 10.1. The molecule has 0 saturated carbocycles. The molecule has 0 aliphatic heterocycles. The van der Waals surface area contributed by atoms with Crippen LogP contribution in [-0.2, 0) is 0 Å². The van der Waals surface area contributed by atoms with Crippen LogP contribution in [0.3, 0.4) is 0 Å². The van der Waals surface area contributed by atoms with Crippen molar-refractivity contribution in [3.63, 3.8) is 0 Å². The van der Waals surface area contributed by atoms with Crippen LogP contribution in [0, 0.1) is 10.1 Å². The SMILES string of the molecule is O=C(O)c1ccc(N/N=C/c2ccc([N+](=O)[O-])cc2)nc1. The zero-order valence-corrected chi connectivity index (χ0v) is 10.6. The molecule has 0 unspecified atom stereocenters. The van der Waals surface area contributed by atoms with Gasteiger partial charge in [0.25, 0.3) is 5.69 Å². The highest BCUT2D eigenvalue weighted by Gasteiger charge is 2.03. The fourth-order valence-corrected chi connectivity index (χ4v) is 1.44. The summed E-state index contributed by atoms with van der Waals surface area (Å²) in [6.07, 6.45) is 2.68. The number of aromatic nitrogens is 1. The maximum absolute atomic E-state index is 10.6. The third kappa shape index (κ3) is 3.83. The van der Waals surface area contributed by atoms with Crippen molar-refractivity contribution in [3.8, 4) is 0 Å². The average molecular weight is 286 g/mol. The van der Waals surface area contributed by atoms with Crippen molar-refractivity contribution in [1.82, 2.24) is 4.98 Å². The molecule has 0 fully saturated rings. The molecule has 1 aromatic carbocycles. The number of carboxylic acid groups (broad SMARTS) is 1. The number of non-ortho nitro benzene ring substituents is 1. The molecule has 0 atom stereocenters. The number of nitro benzene ring substituents is 1. The van der Waals surface area contributed by atoms with E-state index in [1.807, 2.05) is 0 Å². The minimum atomic E-state index is -1.05. The molecule has 0 amide bonds. The molecule has 1 aromatic heterocycles. The maximum Gasteiger partial charge on any atom is 0.337 e. The number of nitrogens with zero attached hydrogens (tertiary/aromatic N) is 3. The van der Waals surface area contributed by atoms with E-state index in [0.29, 0.717) is 11.4 Å². The van der Waals surface area contributed by atoms with Crippen molar-refractivity contribution < 1.29 is 14.8 Å². The number of anilines is 1. The highest BCUT2D eigenvalue weighted by Crippen LogP contribution is 2.10. The standard InChI is InChI=1S/C13H10N4O4/c18-13(19)10-3-6-12(14-8-10)16-15-7-9-1-4-11(5-2-9)17(20)21/h1-8H,(H,14,16)(H,18,19)/b15-7+. The smallest absolute Gasteiger partial charge is 0.337 e. The van der Waals surface area contributed by atoms with Gasteiger partial charge in [-0.3, -0.25) is 15.5 Å². The zero-order valence-electron chi connectivity index (χ0n) is 10.6. The second-order valence-corrected chi connectivity index (χ2v) is 3.96. The third-order valence-electron chi connectivity index (χ3n) is 2.51. The van der Waals surface area contributed by atoms with E-state index in [-0.39, 0.29) is 11.3 Å². The monoisotopic (exact) mass is 286 g/mol. The Kier molecular flexibility index (Phi) is 4.20. The Morgan fingerprint density at radius 2 is 2.00 bits per heavy atom. The summed E-state index contributed by atoms with van der Waals surface area (Å²) in [5.41, 5.74) is 3.39. The summed E-state index contributed by atoms with van der Waals surface area (Å²) >= 11 is 0. The largest absolute Gasteiger partial charge is 0.478 e. The topological polar surface area (TPSA) is 118 Å². The van der Waals surface area contributed by atoms with Gasteiger partial charge >= 0.3 is 5.97 Å². The molecule has 0 aliphatic rings. The van der Waals surface area contributed by atoms with Crippen LogP contribution >= 0.6 is 0 Å². The van der Waals surface area contributed by atoms with Crippen molar-refractivity contribution in [2.24, 2.45) is 5.10 Å². The zero-order chi connectivity index (χ0) is 15.2. The first kappa shape index (κ1) is 14.1. The summed E-state index contributed by atoms with van der Waals surface area (Å²) < 4.78 is 0. The molecule has 0 saturated heterocycles. The van der Waals surface area contributed by atoms with E-state index in [9.17, 15) is 14.9 Å². The van der Waals surface area contributed by atoms with Crippen LogP contribution in [0.5, 0.6) is 0 Å². The number of benzene rings is 1. The fraction of sp³-hybridized carbons (Fsp3) is 0. The molecule has 0 aliphatic carbocycles. The molecule has 106 valence electrons. The number of carboxylic acids is 1.